The molecule has 0 aliphatic carbocycles. The fourth-order valence-corrected chi connectivity index (χ4v) is 0.894. The zero-order chi connectivity index (χ0) is 6.62. The van der Waals surface area contributed by atoms with Crippen molar-refractivity contribution in [2.24, 2.45) is 0 Å². The standard InChI is InChI=1S/C3H7BO3S/c1-2-3-8(5,6)7-4/h2-3H2,1H3. The van der Waals surface area contributed by atoms with E-state index in [9.17, 15) is 8.42 Å². The lowest BCUT2D eigenvalue weighted by Crippen LogP contribution is -2.06. The first kappa shape index (κ1) is 7.97. The average Bonchev–Trinajstić information content (AvgIpc) is 1.67. The summed E-state index contributed by atoms with van der Waals surface area (Å²) in [5, 5.41) is 0. The van der Waals surface area contributed by atoms with Crippen LogP contribution in [0.15, 0.2) is 0 Å². The Kier molecular flexibility index (Phi) is 3.08. The van der Waals surface area contributed by atoms with Crippen LogP contribution in [0.5, 0.6) is 0 Å². The predicted octanol–water partition coefficient (Wildman–Crippen LogP) is -0.174. The van der Waals surface area contributed by atoms with Gasteiger partial charge in [-0.05, 0) is 6.42 Å². The van der Waals surface area contributed by atoms with Crippen molar-refractivity contribution >= 4 is 18.2 Å². The molecule has 0 N–H and O–H groups in total. The Morgan fingerprint density at radius 1 is 1.62 bits per heavy atom. The van der Waals surface area contributed by atoms with Crippen molar-refractivity contribution in [1.29, 1.82) is 0 Å². The van der Waals surface area contributed by atoms with Crippen LogP contribution in [0.1, 0.15) is 13.3 Å². The Morgan fingerprint density at radius 3 is 2.25 bits per heavy atom. The molecule has 0 heterocycles. The van der Waals surface area contributed by atoms with Crippen molar-refractivity contribution in [3.05, 3.63) is 0 Å². The van der Waals surface area contributed by atoms with Crippen LogP contribution < -0.4 is 0 Å². The molecule has 5 heteroatoms. The number of rotatable bonds is 3. The number of hydrogen-bond donors (Lipinski definition) is 0. The lowest BCUT2D eigenvalue weighted by Gasteiger charge is -1.95. The minimum Gasteiger partial charge on any atom is -0.347 e. The van der Waals surface area contributed by atoms with E-state index in [1.807, 2.05) is 0 Å². The van der Waals surface area contributed by atoms with Crippen LogP contribution in [0, 0.1) is 0 Å². The third kappa shape index (κ3) is 3.04. The smallest absolute Gasteiger partial charge is 0.311 e. The molecular formula is C3H7BO3S. The molecule has 3 nitrogen and oxygen atoms in total. The van der Waals surface area contributed by atoms with Gasteiger partial charge in [0.25, 0.3) is 10.1 Å². The molecule has 0 amide bonds. The monoisotopic (exact) mass is 134 g/mol. The van der Waals surface area contributed by atoms with Crippen LogP contribution in [0.4, 0.5) is 0 Å². The second-order valence-electron chi connectivity index (χ2n) is 1.36. The van der Waals surface area contributed by atoms with Gasteiger partial charge in [0.1, 0.15) is 0 Å². The van der Waals surface area contributed by atoms with E-state index in [4.69, 9.17) is 0 Å². The van der Waals surface area contributed by atoms with Gasteiger partial charge < -0.3 is 4.10 Å². The van der Waals surface area contributed by atoms with Crippen molar-refractivity contribution in [3.63, 3.8) is 0 Å². The van der Waals surface area contributed by atoms with E-state index in [2.05, 4.69) is 12.1 Å². The molecule has 0 fully saturated rings. The van der Waals surface area contributed by atoms with Crippen molar-refractivity contribution < 1.29 is 12.5 Å². The largest absolute Gasteiger partial charge is 0.347 e. The summed E-state index contributed by atoms with van der Waals surface area (Å²) in [6.45, 7) is 1.73. The van der Waals surface area contributed by atoms with Crippen molar-refractivity contribution in [3.8, 4) is 0 Å². The maximum absolute atomic E-state index is 10.3. The van der Waals surface area contributed by atoms with Gasteiger partial charge in [-0.15, -0.1) is 0 Å². The number of hydrogen-bond acceptors (Lipinski definition) is 3. The van der Waals surface area contributed by atoms with E-state index in [0.29, 0.717) is 6.42 Å². The summed E-state index contributed by atoms with van der Waals surface area (Å²) in [5.74, 6) is -0.0104. The van der Waals surface area contributed by atoms with E-state index in [1.54, 1.807) is 6.92 Å². The third-order valence-electron chi connectivity index (χ3n) is 0.601. The Hall–Kier alpha value is -0.0251. The fraction of sp³-hybridized carbons (Fsp3) is 1.00. The highest BCUT2D eigenvalue weighted by Crippen LogP contribution is 1.90. The third-order valence-corrected chi connectivity index (χ3v) is 1.80. The van der Waals surface area contributed by atoms with E-state index in [-0.39, 0.29) is 5.75 Å². The molecule has 0 rings (SSSR count). The maximum Gasteiger partial charge on any atom is 0.311 e. The predicted molar refractivity (Wildman–Crippen MR) is 30.9 cm³/mol. The van der Waals surface area contributed by atoms with Gasteiger partial charge in [0.15, 0.2) is 0 Å². The van der Waals surface area contributed by atoms with Crippen molar-refractivity contribution in [2.75, 3.05) is 5.75 Å². The van der Waals surface area contributed by atoms with Crippen molar-refractivity contribution in [1.82, 2.24) is 0 Å². The summed E-state index contributed by atoms with van der Waals surface area (Å²) in [5.41, 5.74) is 0. The lowest BCUT2D eigenvalue weighted by atomic mass is 10.6. The van der Waals surface area contributed by atoms with Crippen LogP contribution in [-0.4, -0.2) is 22.2 Å². The van der Waals surface area contributed by atoms with Crippen LogP contribution in [0.3, 0.4) is 0 Å². The minimum absolute atomic E-state index is 0.0104. The maximum atomic E-state index is 10.3. The molecule has 0 aliphatic rings. The summed E-state index contributed by atoms with van der Waals surface area (Å²) in [6.07, 6.45) is 0.527. The highest BCUT2D eigenvalue weighted by molar-refractivity contribution is 7.87. The van der Waals surface area contributed by atoms with Crippen LogP contribution in [0.25, 0.3) is 0 Å². The summed E-state index contributed by atoms with van der Waals surface area (Å²) in [4.78, 5) is 0. The summed E-state index contributed by atoms with van der Waals surface area (Å²) < 4.78 is 24.2. The summed E-state index contributed by atoms with van der Waals surface area (Å²) in [7, 11) is 1.01. The van der Waals surface area contributed by atoms with Gasteiger partial charge in [-0.2, -0.15) is 0 Å². The zero-order valence-electron chi connectivity index (χ0n) is 4.62. The first-order valence-corrected chi connectivity index (χ1v) is 3.81. The zero-order valence-corrected chi connectivity index (χ0v) is 5.44. The first-order valence-electron chi connectivity index (χ1n) is 2.23. The molecule has 0 saturated carbocycles. The Bertz CT molecular complexity index is 139. The van der Waals surface area contributed by atoms with Crippen LogP contribution in [-0.2, 0) is 14.2 Å². The quantitative estimate of drug-likeness (QED) is 0.503. The Morgan fingerprint density at radius 2 is 2.12 bits per heavy atom. The van der Waals surface area contributed by atoms with Gasteiger partial charge in [-0.25, -0.2) is 8.42 Å². The molecule has 0 bridgehead atoms. The van der Waals surface area contributed by atoms with Gasteiger partial charge in [0.05, 0.1) is 5.75 Å². The molecule has 0 aliphatic heterocycles. The lowest BCUT2D eigenvalue weighted by molar-refractivity contribution is 0.506. The van der Waals surface area contributed by atoms with Gasteiger partial charge in [0.2, 0.25) is 0 Å². The van der Waals surface area contributed by atoms with E-state index in [1.165, 1.54) is 0 Å². The Labute approximate surface area is 50.6 Å². The van der Waals surface area contributed by atoms with E-state index in [0.717, 1.165) is 0 Å². The Balaban J connectivity index is 3.76. The second kappa shape index (κ2) is 3.09. The molecule has 46 valence electrons. The van der Waals surface area contributed by atoms with E-state index < -0.39 is 10.1 Å². The molecule has 0 unspecified atom stereocenters. The van der Waals surface area contributed by atoms with Crippen LogP contribution >= 0.6 is 0 Å². The molecule has 2 radical (unpaired) electrons. The summed E-state index contributed by atoms with van der Waals surface area (Å²) >= 11 is 0. The highest BCUT2D eigenvalue weighted by Gasteiger charge is 2.03. The van der Waals surface area contributed by atoms with Gasteiger partial charge in [0, 0.05) is 0 Å². The summed E-state index contributed by atoms with van der Waals surface area (Å²) in [6, 6.07) is 0. The van der Waals surface area contributed by atoms with Gasteiger partial charge in [-0.3, -0.25) is 0 Å². The molecule has 0 spiro atoms. The normalized spacial score (nSPS) is 11.6. The molecule has 0 aromatic heterocycles. The molecule has 0 atom stereocenters. The van der Waals surface area contributed by atoms with Gasteiger partial charge >= 0.3 is 8.05 Å². The SMILES string of the molecule is [B]OS(=O)(=O)CCC. The first-order chi connectivity index (χ1) is 3.62. The van der Waals surface area contributed by atoms with Crippen molar-refractivity contribution in [2.45, 2.75) is 13.3 Å². The fourth-order valence-electron chi connectivity index (χ4n) is 0.298. The molecule has 0 aromatic carbocycles. The molecule has 0 aromatic rings. The molecular weight excluding hydrogens is 127 g/mol. The molecule has 8 heavy (non-hydrogen) atoms. The second-order valence-corrected chi connectivity index (χ2v) is 3.07. The topological polar surface area (TPSA) is 43.4 Å². The minimum atomic E-state index is -3.39. The average molecular weight is 134 g/mol. The van der Waals surface area contributed by atoms with Gasteiger partial charge in [-0.1, -0.05) is 6.92 Å². The van der Waals surface area contributed by atoms with E-state index >= 15 is 0 Å². The highest BCUT2D eigenvalue weighted by atomic mass is 32.2. The van der Waals surface area contributed by atoms with Crippen LogP contribution in [0.2, 0.25) is 0 Å². The molecule has 0 saturated heterocycles.